The van der Waals surface area contributed by atoms with E-state index >= 15 is 0 Å². The molecule has 1 saturated heterocycles. The van der Waals surface area contributed by atoms with E-state index in [1.807, 2.05) is 24.3 Å². The molecule has 1 aliphatic rings. The number of carbonyl (C=O) groups excluding carboxylic acids is 1. The molecule has 3 rings (SSSR count). The fraction of sp³-hybridized carbons (Fsp3) is 0.450. The Morgan fingerprint density at radius 1 is 1.09 bits per heavy atom. The quantitative estimate of drug-likeness (QED) is 0.898. The van der Waals surface area contributed by atoms with E-state index in [1.165, 1.54) is 11.3 Å². The standard InChI is InChI=1S/C20H26N2O/c1-14-11-15(2)13-22(12-14)16(3)20(23)21-19-10-6-8-17-7-4-5-9-18(17)19/h4-10,14-16H,11-13H2,1-3H3,(H,21,23)/p+1/t14-,15+,16-/m0/s1. The molecule has 0 aliphatic carbocycles. The van der Waals surface area contributed by atoms with Crippen LogP contribution in [0, 0.1) is 11.8 Å². The maximum absolute atomic E-state index is 12.7. The molecule has 1 heterocycles. The average Bonchev–Trinajstić information content (AvgIpc) is 2.53. The van der Waals surface area contributed by atoms with Crippen LogP contribution in [0.5, 0.6) is 0 Å². The molecule has 2 N–H and O–H groups in total. The van der Waals surface area contributed by atoms with E-state index in [1.54, 1.807) is 0 Å². The predicted octanol–water partition coefficient (Wildman–Crippen LogP) is 2.73. The monoisotopic (exact) mass is 311 g/mol. The lowest BCUT2D eigenvalue weighted by Crippen LogP contribution is -3.18. The van der Waals surface area contributed by atoms with Crippen LogP contribution in [0.25, 0.3) is 10.8 Å². The Labute approximate surface area is 138 Å². The average molecular weight is 311 g/mol. The van der Waals surface area contributed by atoms with Crippen molar-refractivity contribution in [3.05, 3.63) is 42.5 Å². The minimum Gasteiger partial charge on any atom is -0.324 e. The van der Waals surface area contributed by atoms with Crippen molar-refractivity contribution >= 4 is 22.4 Å². The number of hydrogen-bond acceptors (Lipinski definition) is 1. The third-order valence-electron chi connectivity index (χ3n) is 5.08. The van der Waals surface area contributed by atoms with Crippen LogP contribution in [-0.4, -0.2) is 25.0 Å². The van der Waals surface area contributed by atoms with Crippen LogP contribution >= 0.6 is 0 Å². The highest BCUT2D eigenvalue weighted by Crippen LogP contribution is 2.23. The summed E-state index contributed by atoms with van der Waals surface area (Å²) in [5.41, 5.74) is 0.914. The minimum absolute atomic E-state index is 0.0147. The summed E-state index contributed by atoms with van der Waals surface area (Å²) in [7, 11) is 0. The summed E-state index contributed by atoms with van der Waals surface area (Å²) in [6.45, 7) is 8.83. The first kappa shape index (κ1) is 16.0. The molecule has 3 heteroatoms. The number of hydrogen-bond donors (Lipinski definition) is 2. The Balaban J connectivity index is 1.75. The summed E-state index contributed by atoms with van der Waals surface area (Å²) in [4.78, 5) is 14.1. The van der Waals surface area contributed by atoms with E-state index in [0.29, 0.717) is 11.8 Å². The molecule has 3 nitrogen and oxygen atoms in total. The lowest BCUT2D eigenvalue weighted by molar-refractivity contribution is -0.925. The molecule has 2 aromatic carbocycles. The number of nitrogens with one attached hydrogen (secondary N) is 2. The van der Waals surface area contributed by atoms with E-state index in [0.717, 1.165) is 29.5 Å². The van der Waals surface area contributed by atoms with Crippen molar-refractivity contribution in [2.45, 2.75) is 33.2 Å². The smallest absolute Gasteiger partial charge is 0.282 e. The zero-order valence-electron chi connectivity index (χ0n) is 14.3. The zero-order valence-corrected chi connectivity index (χ0v) is 14.3. The van der Waals surface area contributed by atoms with Gasteiger partial charge in [0.25, 0.3) is 5.91 Å². The van der Waals surface area contributed by atoms with Gasteiger partial charge in [-0.3, -0.25) is 4.79 Å². The Morgan fingerprint density at radius 3 is 2.48 bits per heavy atom. The van der Waals surface area contributed by atoms with Crippen molar-refractivity contribution < 1.29 is 9.69 Å². The second-order valence-corrected chi connectivity index (χ2v) is 7.25. The molecule has 4 atom stereocenters. The molecule has 1 amide bonds. The maximum atomic E-state index is 12.7. The van der Waals surface area contributed by atoms with Gasteiger partial charge in [0, 0.05) is 22.9 Å². The summed E-state index contributed by atoms with van der Waals surface area (Å²) >= 11 is 0. The van der Waals surface area contributed by atoms with Crippen molar-refractivity contribution in [3.63, 3.8) is 0 Å². The van der Waals surface area contributed by atoms with Gasteiger partial charge < -0.3 is 10.2 Å². The first-order chi connectivity index (χ1) is 11.0. The molecular formula is C20H27N2O+. The number of carbonyl (C=O) groups is 1. The maximum Gasteiger partial charge on any atom is 0.282 e. The molecular weight excluding hydrogens is 284 g/mol. The second-order valence-electron chi connectivity index (χ2n) is 7.25. The van der Waals surface area contributed by atoms with E-state index < -0.39 is 0 Å². The first-order valence-corrected chi connectivity index (χ1v) is 8.67. The van der Waals surface area contributed by atoms with Crippen LogP contribution in [0.1, 0.15) is 27.2 Å². The largest absolute Gasteiger partial charge is 0.324 e. The fourth-order valence-corrected chi connectivity index (χ4v) is 3.95. The number of rotatable bonds is 3. The van der Waals surface area contributed by atoms with E-state index in [-0.39, 0.29) is 11.9 Å². The highest BCUT2D eigenvalue weighted by atomic mass is 16.2. The van der Waals surface area contributed by atoms with Gasteiger partial charge in [0.1, 0.15) is 0 Å². The molecule has 1 fully saturated rings. The number of quaternary nitrogens is 1. The molecule has 0 radical (unpaired) electrons. The summed E-state index contributed by atoms with van der Waals surface area (Å²) in [5, 5.41) is 5.41. The molecule has 0 bridgehead atoms. The fourth-order valence-electron chi connectivity index (χ4n) is 3.95. The van der Waals surface area contributed by atoms with Gasteiger partial charge in [-0.1, -0.05) is 50.2 Å². The van der Waals surface area contributed by atoms with Gasteiger partial charge in [-0.05, 0) is 24.8 Å². The normalized spacial score (nSPS) is 26.0. The third kappa shape index (κ3) is 3.56. The summed E-state index contributed by atoms with van der Waals surface area (Å²) in [6.07, 6.45) is 1.28. The van der Waals surface area contributed by atoms with Gasteiger partial charge in [0.2, 0.25) is 0 Å². The van der Waals surface area contributed by atoms with E-state index in [2.05, 4.69) is 44.3 Å². The molecule has 23 heavy (non-hydrogen) atoms. The molecule has 0 aromatic heterocycles. The van der Waals surface area contributed by atoms with E-state index in [4.69, 9.17) is 0 Å². The van der Waals surface area contributed by atoms with E-state index in [9.17, 15) is 4.79 Å². The number of fused-ring (bicyclic) bond motifs is 1. The van der Waals surface area contributed by atoms with Crippen LogP contribution in [-0.2, 0) is 4.79 Å². The second kappa shape index (κ2) is 6.71. The van der Waals surface area contributed by atoms with Crippen LogP contribution in [0.3, 0.4) is 0 Å². The molecule has 0 spiro atoms. The molecule has 122 valence electrons. The SMILES string of the molecule is C[C@@H]1C[C@H](C)C[NH+]([C@@H](C)C(=O)Nc2cccc3ccccc23)C1. The van der Waals surface area contributed by atoms with Crippen LogP contribution in [0.2, 0.25) is 0 Å². The minimum atomic E-state index is -0.0147. The summed E-state index contributed by atoms with van der Waals surface area (Å²) in [5.74, 6) is 1.51. The lowest BCUT2D eigenvalue weighted by atomic mass is 9.91. The Hall–Kier alpha value is -1.87. The summed E-state index contributed by atoms with van der Waals surface area (Å²) < 4.78 is 0. The van der Waals surface area contributed by atoms with Gasteiger partial charge in [-0.2, -0.15) is 0 Å². The van der Waals surface area contributed by atoms with Gasteiger partial charge in [0.15, 0.2) is 6.04 Å². The molecule has 2 aromatic rings. The number of anilines is 1. The highest BCUT2D eigenvalue weighted by Gasteiger charge is 2.32. The first-order valence-electron chi connectivity index (χ1n) is 8.67. The Bertz CT molecular complexity index is 682. The van der Waals surface area contributed by atoms with Gasteiger partial charge >= 0.3 is 0 Å². The van der Waals surface area contributed by atoms with Crippen molar-refractivity contribution in [2.24, 2.45) is 11.8 Å². The predicted molar refractivity (Wildman–Crippen MR) is 95.7 cm³/mol. The third-order valence-corrected chi connectivity index (χ3v) is 5.08. The summed E-state index contributed by atoms with van der Waals surface area (Å²) in [6, 6.07) is 14.2. The van der Waals surface area contributed by atoms with Crippen LogP contribution in [0.4, 0.5) is 5.69 Å². The zero-order chi connectivity index (χ0) is 16.4. The Morgan fingerprint density at radius 2 is 1.74 bits per heavy atom. The van der Waals surface area contributed by atoms with Crippen LogP contribution < -0.4 is 10.2 Å². The van der Waals surface area contributed by atoms with Crippen molar-refractivity contribution in [1.29, 1.82) is 0 Å². The van der Waals surface area contributed by atoms with Gasteiger partial charge in [-0.15, -0.1) is 0 Å². The van der Waals surface area contributed by atoms with Crippen molar-refractivity contribution in [1.82, 2.24) is 0 Å². The van der Waals surface area contributed by atoms with Crippen molar-refractivity contribution in [3.8, 4) is 0 Å². The van der Waals surface area contributed by atoms with Crippen LogP contribution in [0.15, 0.2) is 42.5 Å². The Kier molecular flexibility index (Phi) is 4.67. The number of amides is 1. The molecule has 1 unspecified atom stereocenters. The number of likely N-dealkylation sites (tertiary alicyclic amines) is 1. The highest BCUT2D eigenvalue weighted by molar-refractivity contribution is 6.03. The molecule has 0 saturated carbocycles. The van der Waals surface area contributed by atoms with Crippen molar-refractivity contribution in [2.75, 3.05) is 18.4 Å². The number of piperidine rings is 1. The van der Waals surface area contributed by atoms with Gasteiger partial charge in [0.05, 0.1) is 13.1 Å². The molecule has 1 aliphatic heterocycles. The topological polar surface area (TPSA) is 33.5 Å². The lowest BCUT2D eigenvalue weighted by Gasteiger charge is -2.35. The van der Waals surface area contributed by atoms with Gasteiger partial charge in [-0.25, -0.2) is 0 Å². The number of benzene rings is 2.